The Kier molecular flexibility index (Phi) is 1.13. The van der Waals surface area contributed by atoms with Crippen LogP contribution >= 0.6 is 0 Å². The third-order valence-corrected chi connectivity index (χ3v) is 1.39. The van der Waals surface area contributed by atoms with E-state index in [1.807, 2.05) is 6.07 Å². The van der Waals surface area contributed by atoms with Crippen molar-refractivity contribution in [2.75, 3.05) is 0 Å². The summed E-state index contributed by atoms with van der Waals surface area (Å²) in [6.45, 7) is 0.612. The van der Waals surface area contributed by atoms with Crippen LogP contribution in [0.4, 0.5) is 5.69 Å². The number of ether oxygens (including phenoxy) is 1. The highest BCUT2D eigenvalue weighted by molar-refractivity contribution is 5.60. The van der Waals surface area contributed by atoms with Crippen molar-refractivity contribution in [1.29, 1.82) is 0 Å². The second-order valence-electron chi connectivity index (χ2n) is 2.05. The molecule has 0 spiro atoms. The Morgan fingerprint density at radius 1 is 1.50 bits per heavy atom. The van der Waals surface area contributed by atoms with Gasteiger partial charge < -0.3 is 4.74 Å². The minimum atomic E-state index is 0.612. The fourth-order valence-electron chi connectivity index (χ4n) is 0.874. The number of hydrogen-bond donors (Lipinski definition) is 0. The maximum atomic E-state index is 4.98. The van der Waals surface area contributed by atoms with Gasteiger partial charge in [0.15, 0.2) is 6.40 Å². The van der Waals surface area contributed by atoms with Gasteiger partial charge in [-0.2, -0.15) is 0 Å². The molecule has 0 aromatic carbocycles. The lowest BCUT2D eigenvalue weighted by atomic mass is 10.2. The lowest BCUT2D eigenvalue weighted by Crippen LogP contribution is -1.96. The number of pyridine rings is 1. The van der Waals surface area contributed by atoms with E-state index < -0.39 is 0 Å². The van der Waals surface area contributed by atoms with Crippen LogP contribution in [0.25, 0.3) is 0 Å². The molecule has 0 unspecified atom stereocenters. The van der Waals surface area contributed by atoms with E-state index in [1.165, 1.54) is 6.40 Å². The summed E-state index contributed by atoms with van der Waals surface area (Å²) in [4.78, 5) is 7.91. The first-order chi connectivity index (χ1) is 4.97. The largest absolute Gasteiger partial charge is 0.478 e. The second-order valence-corrected chi connectivity index (χ2v) is 2.05. The van der Waals surface area contributed by atoms with Gasteiger partial charge in [-0.1, -0.05) is 0 Å². The summed E-state index contributed by atoms with van der Waals surface area (Å²) < 4.78 is 4.98. The van der Waals surface area contributed by atoms with E-state index in [0.717, 1.165) is 11.3 Å². The predicted molar refractivity (Wildman–Crippen MR) is 37.2 cm³/mol. The van der Waals surface area contributed by atoms with E-state index in [9.17, 15) is 0 Å². The highest BCUT2D eigenvalue weighted by atomic mass is 16.5. The first kappa shape index (κ1) is 5.41. The second kappa shape index (κ2) is 2.10. The van der Waals surface area contributed by atoms with E-state index in [0.29, 0.717) is 6.61 Å². The summed E-state index contributed by atoms with van der Waals surface area (Å²) in [5.74, 6) is 0. The molecule has 3 nitrogen and oxygen atoms in total. The molecule has 0 aliphatic carbocycles. The van der Waals surface area contributed by atoms with Crippen LogP contribution in [0.1, 0.15) is 5.56 Å². The molecule has 2 heterocycles. The molecule has 0 fully saturated rings. The highest BCUT2D eigenvalue weighted by Gasteiger charge is 2.03. The van der Waals surface area contributed by atoms with Crippen molar-refractivity contribution >= 4 is 12.1 Å². The number of nitrogens with zero attached hydrogens (tertiary/aromatic N) is 2. The number of aromatic nitrogens is 1. The molecule has 1 aliphatic rings. The molecular formula is C7H6N2O. The van der Waals surface area contributed by atoms with Gasteiger partial charge in [0.25, 0.3) is 0 Å². The molecule has 0 saturated carbocycles. The van der Waals surface area contributed by atoms with E-state index >= 15 is 0 Å². The lowest BCUT2D eigenvalue weighted by Gasteiger charge is -2.07. The molecule has 0 N–H and O–H groups in total. The average Bonchev–Trinajstić information content (AvgIpc) is 2.05. The highest BCUT2D eigenvalue weighted by Crippen LogP contribution is 2.19. The van der Waals surface area contributed by atoms with E-state index in [4.69, 9.17) is 4.74 Å². The summed E-state index contributed by atoms with van der Waals surface area (Å²) in [6, 6.07) is 1.91. The van der Waals surface area contributed by atoms with Gasteiger partial charge in [0.05, 0.1) is 11.9 Å². The number of aliphatic imine (C=N–C) groups is 1. The maximum absolute atomic E-state index is 4.98. The van der Waals surface area contributed by atoms with Gasteiger partial charge in [0, 0.05) is 11.8 Å². The zero-order valence-electron chi connectivity index (χ0n) is 5.32. The summed E-state index contributed by atoms with van der Waals surface area (Å²) in [5, 5.41) is 0. The monoisotopic (exact) mass is 134 g/mol. The number of rotatable bonds is 0. The average molecular weight is 134 g/mol. The SMILES string of the molecule is C1=Nc2cnccc2CO1. The molecule has 1 aromatic heterocycles. The van der Waals surface area contributed by atoms with Gasteiger partial charge in [-0.3, -0.25) is 4.98 Å². The van der Waals surface area contributed by atoms with Crippen LogP contribution in [0.3, 0.4) is 0 Å². The van der Waals surface area contributed by atoms with Crippen molar-refractivity contribution in [3.8, 4) is 0 Å². The molecule has 3 heteroatoms. The van der Waals surface area contributed by atoms with E-state index in [2.05, 4.69) is 9.98 Å². The first-order valence-electron chi connectivity index (χ1n) is 3.04. The van der Waals surface area contributed by atoms with Crippen molar-refractivity contribution in [2.45, 2.75) is 6.61 Å². The zero-order valence-corrected chi connectivity index (χ0v) is 5.32. The van der Waals surface area contributed by atoms with E-state index in [1.54, 1.807) is 12.4 Å². The van der Waals surface area contributed by atoms with Crippen molar-refractivity contribution in [3.05, 3.63) is 24.0 Å². The normalized spacial score (nSPS) is 14.0. The Balaban J connectivity index is 2.54. The molecule has 10 heavy (non-hydrogen) atoms. The van der Waals surface area contributed by atoms with Crippen molar-refractivity contribution in [2.24, 2.45) is 4.99 Å². The number of hydrogen-bond acceptors (Lipinski definition) is 3. The molecule has 50 valence electrons. The maximum Gasteiger partial charge on any atom is 0.175 e. The Morgan fingerprint density at radius 3 is 3.40 bits per heavy atom. The summed E-state index contributed by atoms with van der Waals surface area (Å²) in [5.41, 5.74) is 2.01. The van der Waals surface area contributed by atoms with Crippen LogP contribution in [0.5, 0.6) is 0 Å². The Morgan fingerprint density at radius 2 is 2.50 bits per heavy atom. The van der Waals surface area contributed by atoms with Crippen LogP contribution in [-0.2, 0) is 11.3 Å². The van der Waals surface area contributed by atoms with Crippen molar-refractivity contribution in [3.63, 3.8) is 0 Å². The molecule has 0 saturated heterocycles. The van der Waals surface area contributed by atoms with Crippen LogP contribution in [0.2, 0.25) is 0 Å². The fraction of sp³-hybridized carbons (Fsp3) is 0.143. The minimum absolute atomic E-state index is 0.612. The third kappa shape index (κ3) is 0.757. The Labute approximate surface area is 58.4 Å². The lowest BCUT2D eigenvalue weighted by molar-refractivity contribution is 0.303. The summed E-state index contributed by atoms with van der Waals surface area (Å²) in [7, 11) is 0. The van der Waals surface area contributed by atoms with Crippen LogP contribution < -0.4 is 0 Å². The summed E-state index contributed by atoms with van der Waals surface area (Å²) >= 11 is 0. The zero-order chi connectivity index (χ0) is 6.81. The van der Waals surface area contributed by atoms with Crippen molar-refractivity contribution in [1.82, 2.24) is 4.98 Å². The molecule has 2 rings (SSSR count). The third-order valence-electron chi connectivity index (χ3n) is 1.39. The molecule has 1 aromatic rings. The predicted octanol–water partition coefficient (Wildman–Crippen LogP) is 1.27. The Hall–Kier alpha value is -1.38. The van der Waals surface area contributed by atoms with Crippen molar-refractivity contribution < 1.29 is 4.74 Å². The van der Waals surface area contributed by atoms with Gasteiger partial charge in [0.2, 0.25) is 0 Å². The van der Waals surface area contributed by atoms with Gasteiger partial charge in [-0.05, 0) is 6.07 Å². The van der Waals surface area contributed by atoms with Gasteiger partial charge >= 0.3 is 0 Å². The minimum Gasteiger partial charge on any atom is -0.478 e. The van der Waals surface area contributed by atoms with Gasteiger partial charge in [-0.15, -0.1) is 0 Å². The first-order valence-corrected chi connectivity index (χ1v) is 3.04. The molecule has 1 aliphatic heterocycles. The van der Waals surface area contributed by atoms with Crippen LogP contribution in [-0.4, -0.2) is 11.4 Å². The number of fused-ring (bicyclic) bond motifs is 1. The Bertz CT molecular complexity index is 270. The summed E-state index contributed by atoms with van der Waals surface area (Å²) in [6.07, 6.45) is 4.92. The fourth-order valence-corrected chi connectivity index (χ4v) is 0.874. The van der Waals surface area contributed by atoms with Gasteiger partial charge in [-0.25, -0.2) is 4.99 Å². The van der Waals surface area contributed by atoms with Crippen LogP contribution in [0.15, 0.2) is 23.5 Å². The van der Waals surface area contributed by atoms with Gasteiger partial charge in [0.1, 0.15) is 6.61 Å². The molecular weight excluding hydrogens is 128 g/mol. The molecule has 0 amide bonds. The van der Waals surface area contributed by atoms with Crippen LogP contribution in [0, 0.1) is 0 Å². The molecule has 0 bridgehead atoms. The molecule has 0 atom stereocenters. The topological polar surface area (TPSA) is 34.5 Å². The van der Waals surface area contributed by atoms with E-state index in [-0.39, 0.29) is 0 Å². The smallest absolute Gasteiger partial charge is 0.175 e. The standard InChI is InChI=1S/C7H6N2O/c1-2-8-3-7-6(1)4-10-5-9-7/h1-3,5H,4H2. The molecule has 0 radical (unpaired) electrons. The quantitative estimate of drug-likeness (QED) is 0.535.